The first-order valence-electron chi connectivity index (χ1n) is 10.4. The van der Waals surface area contributed by atoms with Gasteiger partial charge in [-0.05, 0) is 55.2 Å². The van der Waals surface area contributed by atoms with Crippen LogP contribution in [0.2, 0.25) is 0 Å². The SMILES string of the molecule is O=C(Nc1ccccc1)Nc1ccc2c(c1)C[C@@H](C(=O)NC1CCCCC1)CO2. The van der Waals surface area contributed by atoms with Crippen molar-refractivity contribution in [1.82, 2.24) is 5.32 Å². The Kier molecular flexibility index (Phi) is 5.98. The molecule has 1 aliphatic heterocycles. The number of carbonyl (C=O) groups is 2. The Hall–Kier alpha value is -3.02. The van der Waals surface area contributed by atoms with E-state index < -0.39 is 0 Å². The number of hydrogen-bond acceptors (Lipinski definition) is 3. The first-order valence-corrected chi connectivity index (χ1v) is 10.4. The maximum atomic E-state index is 12.7. The molecule has 1 atom stereocenters. The normalized spacial score (nSPS) is 18.8. The van der Waals surface area contributed by atoms with Gasteiger partial charge >= 0.3 is 6.03 Å². The van der Waals surface area contributed by atoms with Gasteiger partial charge in [0.05, 0.1) is 5.92 Å². The van der Waals surface area contributed by atoms with Crippen LogP contribution in [0.3, 0.4) is 0 Å². The van der Waals surface area contributed by atoms with Crippen molar-refractivity contribution in [3.63, 3.8) is 0 Å². The molecule has 0 bridgehead atoms. The van der Waals surface area contributed by atoms with Gasteiger partial charge in [-0.25, -0.2) is 4.79 Å². The van der Waals surface area contributed by atoms with Gasteiger partial charge in [-0.1, -0.05) is 37.5 Å². The summed E-state index contributed by atoms with van der Waals surface area (Å²) >= 11 is 0. The molecule has 0 aromatic heterocycles. The molecule has 1 fully saturated rings. The van der Waals surface area contributed by atoms with Crippen LogP contribution >= 0.6 is 0 Å². The molecule has 1 aliphatic carbocycles. The summed E-state index contributed by atoms with van der Waals surface area (Å²) in [5, 5.41) is 8.84. The van der Waals surface area contributed by atoms with Gasteiger partial charge in [0, 0.05) is 17.4 Å². The lowest BCUT2D eigenvalue weighted by Crippen LogP contribution is -2.43. The molecule has 4 rings (SSSR count). The van der Waals surface area contributed by atoms with Crippen LogP contribution in [0.1, 0.15) is 37.7 Å². The number of carbonyl (C=O) groups excluding carboxylic acids is 2. The number of hydrogen-bond donors (Lipinski definition) is 3. The smallest absolute Gasteiger partial charge is 0.323 e. The van der Waals surface area contributed by atoms with E-state index in [4.69, 9.17) is 4.74 Å². The lowest BCUT2D eigenvalue weighted by Gasteiger charge is -2.28. The summed E-state index contributed by atoms with van der Waals surface area (Å²) < 4.78 is 5.81. The molecule has 0 saturated heterocycles. The lowest BCUT2D eigenvalue weighted by molar-refractivity contribution is -0.127. The van der Waals surface area contributed by atoms with Crippen molar-refractivity contribution in [2.24, 2.45) is 5.92 Å². The Morgan fingerprint density at radius 2 is 1.66 bits per heavy atom. The highest BCUT2D eigenvalue weighted by molar-refractivity contribution is 5.99. The van der Waals surface area contributed by atoms with Crippen molar-refractivity contribution in [1.29, 1.82) is 0 Å². The summed E-state index contributed by atoms with van der Waals surface area (Å²) in [5.41, 5.74) is 2.34. The summed E-state index contributed by atoms with van der Waals surface area (Å²) in [6.07, 6.45) is 6.40. The number of urea groups is 1. The molecule has 6 nitrogen and oxygen atoms in total. The fraction of sp³-hybridized carbons (Fsp3) is 0.391. The summed E-state index contributed by atoms with van der Waals surface area (Å²) in [6.45, 7) is 0.396. The van der Waals surface area contributed by atoms with Crippen molar-refractivity contribution in [2.75, 3.05) is 17.2 Å². The van der Waals surface area contributed by atoms with E-state index in [1.807, 2.05) is 48.5 Å². The first-order chi connectivity index (χ1) is 14.2. The van der Waals surface area contributed by atoms with Crippen LogP contribution in [0.5, 0.6) is 5.75 Å². The van der Waals surface area contributed by atoms with Gasteiger partial charge in [0.15, 0.2) is 0 Å². The maximum absolute atomic E-state index is 12.7. The molecule has 29 heavy (non-hydrogen) atoms. The van der Waals surface area contributed by atoms with E-state index in [0.717, 1.165) is 29.8 Å². The van der Waals surface area contributed by atoms with Crippen molar-refractivity contribution >= 4 is 23.3 Å². The van der Waals surface area contributed by atoms with Crippen molar-refractivity contribution in [2.45, 2.75) is 44.6 Å². The molecule has 6 heteroatoms. The molecule has 1 heterocycles. The van der Waals surface area contributed by atoms with E-state index in [1.165, 1.54) is 19.3 Å². The summed E-state index contributed by atoms with van der Waals surface area (Å²) in [4.78, 5) is 24.9. The lowest BCUT2D eigenvalue weighted by atomic mass is 9.92. The van der Waals surface area contributed by atoms with Crippen LogP contribution in [0.4, 0.5) is 16.2 Å². The predicted octanol–water partition coefficient (Wildman–Crippen LogP) is 4.33. The zero-order chi connectivity index (χ0) is 20.1. The highest BCUT2D eigenvalue weighted by Gasteiger charge is 2.28. The van der Waals surface area contributed by atoms with Gasteiger partial charge in [-0.15, -0.1) is 0 Å². The van der Waals surface area contributed by atoms with E-state index in [1.54, 1.807) is 0 Å². The van der Waals surface area contributed by atoms with E-state index in [2.05, 4.69) is 16.0 Å². The minimum Gasteiger partial charge on any atom is -0.492 e. The maximum Gasteiger partial charge on any atom is 0.323 e. The van der Waals surface area contributed by atoms with Crippen LogP contribution in [-0.2, 0) is 11.2 Å². The fourth-order valence-corrected chi connectivity index (χ4v) is 4.02. The molecular formula is C23H27N3O3. The average molecular weight is 393 g/mol. The second kappa shape index (κ2) is 8.99. The number of anilines is 2. The Bertz CT molecular complexity index is 863. The zero-order valence-electron chi connectivity index (χ0n) is 16.4. The molecular weight excluding hydrogens is 366 g/mol. The predicted molar refractivity (Wildman–Crippen MR) is 113 cm³/mol. The molecule has 152 valence electrons. The molecule has 2 aromatic rings. The highest BCUT2D eigenvalue weighted by atomic mass is 16.5. The van der Waals surface area contributed by atoms with Crippen LogP contribution in [0.25, 0.3) is 0 Å². The van der Waals surface area contributed by atoms with E-state index in [-0.39, 0.29) is 17.9 Å². The summed E-state index contributed by atoms with van der Waals surface area (Å²) in [7, 11) is 0. The van der Waals surface area contributed by atoms with Crippen molar-refractivity contribution in [3.05, 3.63) is 54.1 Å². The van der Waals surface area contributed by atoms with Gasteiger partial charge in [-0.3, -0.25) is 4.79 Å². The van der Waals surface area contributed by atoms with Crippen LogP contribution in [0, 0.1) is 5.92 Å². The van der Waals surface area contributed by atoms with E-state index in [9.17, 15) is 9.59 Å². The van der Waals surface area contributed by atoms with Gasteiger partial charge in [0.1, 0.15) is 12.4 Å². The largest absolute Gasteiger partial charge is 0.492 e. The number of nitrogens with one attached hydrogen (secondary N) is 3. The van der Waals surface area contributed by atoms with Crippen LogP contribution in [-0.4, -0.2) is 24.6 Å². The minimum absolute atomic E-state index is 0.0720. The second-order valence-electron chi connectivity index (χ2n) is 7.82. The van der Waals surface area contributed by atoms with Gasteiger partial charge < -0.3 is 20.7 Å². The van der Waals surface area contributed by atoms with Crippen LogP contribution in [0.15, 0.2) is 48.5 Å². The molecule has 0 unspecified atom stereocenters. The van der Waals surface area contributed by atoms with Gasteiger partial charge in [0.2, 0.25) is 5.91 Å². The van der Waals surface area contributed by atoms with Gasteiger partial charge in [0.25, 0.3) is 0 Å². The number of amides is 3. The number of rotatable bonds is 4. The molecule has 2 aromatic carbocycles. The van der Waals surface area contributed by atoms with E-state index in [0.29, 0.717) is 24.8 Å². The minimum atomic E-state index is -0.306. The third kappa shape index (κ3) is 5.08. The Morgan fingerprint density at radius 1 is 0.897 bits per heavy atom. The number of ether oxygens (including phenoxy) is 1. The molecule has 3 N–H and O–H groups in total. The average Bonchev–Trinajstić information content (AvgIpc) is 2.74. The van der Waals surface area contributed by atoms with Crippen LogP contribution < -0.4 is 20.7 Å². The molecule has 0 spiro atoms. The Labute approximate surface area is 171 Å². The third-order valence-corrected chi connectivity index (χ3v) is 5.58. The molecule has 1 saturated carbocycles. The second-order valence-corrected chi connectivity index (χ2v) is 7.82. The third-order valence-electron chi connectivity index (χ3n) is 5.58. The standard InChI is InChI=1S/C23H27N3O3/c27-22(24-18-7-3-1-4-8-18)17-13-16-14-20(11-12-21(16)29-15-17)26-23(28)25-19-9-5-2-6-10-19/h2,5-6,9-12,14,17-18H,1,3-4,7-8,13,15H2,(H,24,27)(H2,25,26,28)/t17-/m1/s1. The van der Waals surface area contributed by atoms with Gasteiger partial charge in [-0.2, -0.15) is 0 Å². The van der Waals surface area contributed by atoms with Crippen molar-refractivity contribution < 1.29 is 14.3 Å². The number of fused-ring (bicyclic) bond motifs is 1. The quantitative estimate of drug-likeness (QED) is 0.723. The molecule has 3 amide bonds. The number of benzene rings is 2. The highest BCUT2D eigenvalue weighted by Crippen LogP contribution is 2.30. The van der Waals surface area contributed by atoms with Crippen molar-refractivity contribution in [3.8, 4) is 5.75 Å². The Balaban J connectivity index is 1.36. The molecule has 0 radical (unpaired) electrons. The topological polar surface area (TPSA) is 79.5 Å². The first kappa shape index (κ1) is 19.3. The Morgan fingerprint density at radius 3 is 2.45 bits per heavy atom. The molecule has 2 aliphatic rings. The summed E-state index contributed by atoms with van der Waals surface area (Å²) in [6, 6.07) is 14.8. The fourth-order valence-electron chi connectivity index (χ4n) is 4.02. The summed E-state index contributed by atoms with van der Waals surface area (Å²) in [5.74, 6) is 0.654. The van der Waals surface area contributed by atoms with E-state index >= 15 is 0 Å². The zero-order valence-corrected chi connectivity index (χ0v) is 16.4. The number of para-hydroxylation sites is 1. The monoisotopic (exact) mass is 393 g/mol.